The van der Waals surface area contributed by atoms with Gasteiger partial charge in [-0.1, -0.05) is 0 Å². The molecule has 0 spiro atoms. The van der Waals surface area contributed by atoms with Crippen LogP contribution in [0.3, 0.4) is 0 Å². The molecule has 2 rings (SSSR count). The van der Waals surface area contributed by atoms with Crippen molar-refractivity contribution in [3.05, 3.63) is 35.4 Å². The van der Waals surface area contributed by atoms with Crippen LogP contribution in [-0.2, 0) is 0 Å². The molecule has 1 unspecified atom stereocenters. The third kappa shape index (κ3) is 3.88. The number of amides is 1. The van der Waals surface area contributed by atoms with Gasteiger partial charge in [-0.05, 0) is 37.4 Å². The molecule has 1 atom stereocenters. The second-order valence-corrected chi connectivity index (χ2v) is 4.65. The number of halogens is 3. The lowest BCUT2D eigenvalue weighted by Gasteiger charge is -2.32. The molecular weight excluding hydrogens is 274 g/mol. The molecule has 1 aliphatic rings. The second-order valence-electron chi connectivity index (χ2n) is 4.65. The Labute approximate surface area is 117 Å². The minimum absolute atomic E-state index is 0. The molecule has 2 N–H and O–H groups in total. The number of carbonyl (C=O) groups excluding carboxylic acids is 1. The summed E-state index contributed by atoms with van der Waals surface area (Å²) in [6, 6.07) is 2.89. The SMILES string of the molecule is Cl.NCC1CCCN(C(=O)c2cc(F)cc(F)c2)C1. The molecule has 19 heavy (non-hydrogen) atoms. The van der Waals surface area contributed by atoms with E-state index in [0.29, 0.717) is 19.6 Å². The number of hydrogen-bond acceptors (Lipinski definition) is 2. The first-order chi connectivity index (χ1) is 8.60. The lowest BCUT2D eigenvalue weighted by Crippen LogP contribution is -2.42. The van der Waals surface area contributed by atoms with Crippen LogP contribution in [0.15, 0.2) is 18.2 Å². The normalized spacial score (nSPS) is 18.9. The number of nitrogens with two attached hydrogens (primary N) is 1. The van der Waals surface area contributed by atoms with Crippen molar-refractivity contribution in [3.8, 4) is 0 Å². The maximum absolute atomic E-state index is 13.1. The number of rotatable bonds is 2. The average molecular weight is 291 g/mol. The van der Waals surface area contributed by atoms with Gasteiger partial charge in [-0.2, -0.15) is 0 Å². The number of nitrogens with zero attached hydrogens (tertiary/aromatic N) is 1. The van der Waals surface area contributed by atoms with Gasteiger partial charge in [-0.25, -0.2) is 8.78 Å². The zero-order chi connectivity index (χ0) is 13.1. The lowest BCUT2D eigenvalue weighted by atomic mass is 9.97. The topological polar surface area (TPSA) is 46.3 Å². The molecular formula is C13H17ClF2N2O. The van der Waals surface area contributed by atoms with Crippen LogP contribution in [0, 0.1) is 17.6 Å². The van der Waals surface area contributed by atoms with Crippen LogP contribution < -0.4 is 5.73 Å². The fourth-order valence-corrected chi connectivity index (χ4v) is 2.30. The molecule has 1 aromatic rings. The smallest absolute Gasteiger partial charge is 0.254 e. The Kier molecular flexibility index (Phi) is 5.69. The van der Waals surface area contributed by atoms with Gasteiger partial charge in [-0.15, -0.1) is 12.4 Å². The van der Waals surface area contributed by atoms with E-state index in [1.54, 1.807) is 4.90 Å². The van der Waals surface area contributed by atoms with Crippen molar-refractivity contribution in [1.29, 1.82) is 0 Å². The highest BCUT2D eigenvalue weighted by Crippen LogP contribution is 2.18. The van der Waals surface area contributed by atoms with E-state index in [-0.39, 0.29) is 29.8 Å². The first-order valence-electron chi connectivity index (χ1n) is 6.05. The zero-order valence-electron chi connectivity index (χ0n) is 10.4. The molecule has 0 radical (unpaired) electrons. The van der Waals surface area contributed by atoms with E-state index >= 15 is 0 Å². The van der Waals surface area contributed by atoms with Crippen LogP contribution in [0.4, 0.5) is 8.78 Å². The maximum atomic E-state index is 13.1. The van der Waals surface area contributed by atoms with E-state index < -0.39 is 11.6 Å². The van der Waals surface area contributed by atoms with Gasteiger partial charge >= 0.3 is 0 Å². The first kappa shape index (κ1) is 15.9. The zero-order valence-corrected chi connectivity index (χ0v) is 11.3. The Morgan fingerprint density at radius 3 is 2.53 bits per heavy atom. The summed E-state index contributed by atoms with van der Waals surface area (Å²) in [6.45, 7) is 1.71. The largest absolute Gasteiger partial charge is 0.338 e. The molecule has 1 amide bonds. The van der Waals surface area contributed by atoms with Crippen molar-refractivity contribution in [2.45, 2.75) is 12.8 Å². The second kappa shape index (κ2) is 6.82. The monoisotopic (exact) mass is 290 g/mol. The van der Waals surface area contributed by atoms with E-state index in [0.717, 1.165) is 31.0 Å². The van der Waals surface area contributed by atoms with Gasteiger partial charge in [0.15, 0.2) is 0 Å². The van der Waals surface area contributed by atoms with Crippen molar-refractivity contribution >= 4 is 18.3 Å². The minimum Gasteiger partial charge on any atom is -0.338 e. The molecule has 106 valence electrons. The van der Waals surface area contributed by atoms with E-state index in [1.165, 1.54) is 0 Å². The van der Waals surface area contributed by atoms with Crippen LogP contribution in [-0.4, -0.2) is 30.4 Å². The van der Waals surface area contributed by atoms with E-state index in [1.807, 2.05) is 0 Å². The molecule has 0 aliphatic carbocycles. The van der Waals surface area contributed by atoms with E-state index in [2.05, 4.69) is 0 Å². The first-order valence-corrected chi connectivity index (χ1v) is 6.05. The summed E-state index contributed by atoms with van der Waals surface area (Å²) in [6.07, 6.45) is 1.88. The third-order valence-corrected chi connectivity index (χ3v) is 3.25. The summed E-state index contributed by atoms with van der Waals surface area (Å²) in [5.41, 5.74) is 5.65. The van der Waals surface area contributed by atoms with Gasteiger partial charge in [0.2, 0.25) is 0 Å². The fraction of sp³-hybridized carbons (Fsp3) is 0.462. The van der Waals surface area contributed by atoms with Crippen molar-refractivity contribution in [2.24, 2.45) is 11.7 Å². The quantitative estimate of drug-likeness (QED) is 0.907. The molecule has 0 saturated carbocycles. The molecule has 0 bridgehead atoms. The van der Waals surface area contributed by atoms with Crippen LogP contribution in [0.25, 0.3) is 0 Å². The van der Waals surface area contributed by atoms with Gasteiger partial charge in [-0.3, -0.25) is 4.79 Å². The van der Waals surface area contributed by atoms with Gasteiger partial charge in [0.05, 0.1) is 0 Å². The number of hydrogen-bond donors (Lipinski definition) is 1. The molecule has 1 aliphatic heterocycles. The van der Waals surface area contributed by atoms with E-state index in [9.17, 15) is 13.6 Å². The Morgan fingerprint density at radius 2 is 1.95 bits per heavy atom. The summed E-state index contributed by atoms with van der Waals surface area (Å²) in [5, 5.41) is 0. The highest BCUT2D eigenvalue weighted by Gasteiger charge is 2.24. The van der Waals surface area contributed by atoms with Crippen molar-refractivity contribution in [1.82, 2.24) is 4.90 Å². The predicted octanol–water partition coefficient (Wildman–Crippen LogP) is 2.20. The van der Waals surface area contributed by atoms with Gasteiger partial charge in [0.25, 0.3) is 5.91 Å². The Bertz CT molecular complexity index is 436. The Balaban J connectivity index is 0.00000180. The summed E-state index contributed by atoms with van der Waals surface area (Å²) < 4.78 is 26.1. The molecule has 1 heterocycles. The van der Waals surface area contributed by atoms with Gasteiger partial charge in [0.1, 0.15) is 11.6 Å². The summed E-state index contributed by atoms with van der Waals surface area (Å²) in [7, 11) is 0. The van der Waals surface area contributed by atoms with Crippen LogP contribution in [0.2, 0.25) is 0 Å². The molecule has 1 aromatic carbocycles. The molecule has 1 saturated heterocycles. The summed E-state index contributed by atoms with van der Waals surface area (Å²) in [5.74, 6) is -1.51. The number of piperidine rings is 1. The highest BCUT2D eigenvalue weighted by atomic mass is 35.5. The molecule has 1 fully saturated rings. The highest BCUT2D eigenvalue weighted by molar-refractivity contribution is 5.94. The number of benzene rings is 1. The number of carbonyl (C=O) groups is 1. The standard InChI is InChI=1S/C13H16F2N2O.ClH/c14-11-4-10(5-12(15)6-11)13(18)17-3-1-2-9(7-16)8-17;/h4-6,9H,1-3,7-8,16H2;1H. The average Bonchev–Trinajstić information content (AvgIpc) is 2.37. The van der Waals surface area contributed by atoms with Crippen LogP contribution in [0.1, 0.15) is 23.2 Å². The van der Waals surface area contributed by atoms with Gasteiger partial charge in [0, 0.05) is 24.7 Å². The van der Waals surface area contributed by atoms with Crippen LogP contribution >= 0.6 is 12.4 Å². The van der Waals surface area contributed by atoms with Crippen LogP contribution in [0.5, 0.6) is 0 Å². The Hall–Kier alpha value is -1.20. The lowest BCUT2D eigenvalue weighted by molar-refractivity contribution is 0.0677. The molecule has 6 heteroatoms. The summed E-state index contributed by atoms with van der Waals surface area (Å²) >= 11 is 0. The van der Waals surface area contributed by atoms with Crippen molar-refractivity contribution < 1.29 is 13.6 Å². The minimum atomic E-state index is -0.731. The van der Waals surface area contributed by atoms with Crippen molar-refractivity contribution in [2.75, 3.05) is 19.6 Å². The fourth-order valence-electron chi connectivity index (χ4n) is 2.30. The van der Waals surface area contributed by atoms with E-state index in [4.69, 9.17) is 5.73 Å². The Morgan fingerprint density at radius 1 is 1.32 bits per heavy atom. The molecule has 3 nitrogen and oxygen atoms in total. The molecule has 0 aromatic heterocycles. The summed E-state index contributed by atoms with van der Waals surface area (Å²) in [4.78, 5) is 13.7. The predicted molar refractivity (Wildman–Crippen MR) is 71.3 cm³/mol. The van der Waals surface area contributed by atoms with Gasteiger partial charge < -0.3 is 10.6 Å². The maximum Gasteiger partial charge on any atom is 0.254 e. The number of likely N-dealkylation sites (tertiary alicyclic amines) is 1. The third-order valence-electron chi connectivity index (χ3n) is 3.25. The van der Waals surface area contributed by atoms with Crippen molar-refractivity contribution in [3.63, 3.8) is 0 Å².